The van der Waals surface area contributed by atoms with E-state index in [9.17, 15) is 5.11 Å². The lowest BCUT2D eigenvalue weighted by Crippen LogP contribution is -2.40. The maximum absolute atomic E-state index is 9.49. The third kappa shape index (κ3) is 2.74. The molecule has 4 heteroatoms. The number of aliphatic hydroxyl groups excluding tert-OH is 1. The molecule has 1 aliphatic rings. The quantitative estimate of drug-likeness (QED) is 0.875. The van der Waals surface area contributed by atoms with Crippen LogP contribution in [-0.4, -0.2) is 42.9 Å². The summed E-state index contributed by atoms with van der Waals surface area (Å²) in [5, 5.41) is 10.2. The highest BCUT2D eigenvalue weighted by molar-refractivity contribution is 6.30. The van der Waals surface area contributed by atoms with Crippen molar-refractivity contribution in [2.24, 2.45) is 0 Å². The fourth-order valence-electron chi connectivity index (χ4n) is 2.01. The molecule has 0 aromatic heterocycles. The van der Waals surface area contributed by atoms with Crippen LogP contribution in [0.3, 0.4) is 0 Å². The van der Waals surface area contributed by atoms with Crippen LogP contribution in [0.15, 0.2) is 24.3 Å². The fourth-order valence-corrected chi connectivity index (χ4v) is 2.13. The Labute approximate surface area is 101 Å². The van der Waals surface area contributed by atoms with E-state index < -0.39 is 0 Å². The summed E-state index contributed by atoms with van der Waals surface area (Å²) in [4.78, 5) is 2.24. The average molecular weight is 242 g/mol. The lowest BCUT2D eigenvalue weighted by atomic mass is 10.1. The topological polar surface area (TPSA) is 32.7 Å². The second-order valence-corrected chi connectivity index (χ2v) is 4.33. The van der Waals surface area contributed by atoms with Crippen molar-refractivity contribution in [2.75, 3.05) is 32.9 Å². The summed E-state index contributed by atoms with van der Waals surface area (Å²) < 4.78 is 5.30. The van der Waals surface area contributed by atoms with E-state index in [4.69, 9.17) is 16.3 Å². The average Bonchev–Trinajstić information content (AvgIpc) is 2.34. The van der Waals surface area contributed by atoms with Crippen LogP contribution in [-0.2, 0) is 4.74 Å². The predicted molar refractivity (Wildman–Crippen MR) is 63.7 cm³/mol. The number of benzene rings is 1. The van der Waals surface area contributed by atoms with Crippen molar-refractivity contribution < 1.29 is 9.84 Å². The van der Waals surface area contributed by atoms with Crippen LogP contribution in [0, 0.1) is 0 Å². The van der Waals surface area contributed by atoms with Gasteiger partial charge in [0.05, 0.1) is 25.9 Å². The van der Waals surface area contributed by atoms with Gasteiger partial charge in [-0.3, -0.25) is 4.90 Å². The number of nitrogens with zero attached hydrogens (tertiary/aromatic N) is 1. The number of aliphatic hydroxyl groups is 1. The van der Waals surface area contributed by atoms with Crippen molar-refractivity contribution in [3.63, 3.8) is 0 Å². The van der Waals surface area contributed by atoms with E-state index in [1.807, 2.05) is 24.3 Å². The van der Waals surface area contributed by atoms with Gasteiger partial charge in [0.15, 0.2) is 0 Å². The first-order valence-corrected chi connectivity index (χ1v) is 5.87. The van der Waals surface area contributed by atoms with E-state index in [0.29, 0.717) is 0 Å². The first-order chi connectivity index (χ1) is 7.81. The number of hydrogen-bond donors (Lipinski definition) is 1. The summed E-state index contributed by atoms with van der Waals surface area (Å²) in [6.07, 6.45) is 0. The van der Waals surface area contributed by atoms with Gasteiger partial charge >= 0.3 is 0 Å². The van der Waals surface area contributed by atoms with Crippen molar-refractivity contribution in [3.05, 3.63) is 34.9 Å². The summed E-state index contributed by atoms with van der Waals surface area (Å²) >= 11 is 5.85. The minimum atomic E-state index is 0.0566. The molecule has 88 valence electrons. The molecule has 1 aromatic carbocycles. The molecular formula is C12H16ClNO2. The van der Waals surface area contributed by atoms with Crippen molar-refractivity contribution in [1.29, 1.82) is 0 Å². The maximum Gasteiger partial charge on any atom is 0.0628 e. The molecule has 1 heterocycles. The smallest absolute Gasteiger partial charge is 0.0628 e. The summed E-state index contributed by atoms with van der Waals surface area (Å²) in [5.41, 5.74) is 1.11. The second-order valence-electron chi connectivity index (χ2n) is 3.90. The van der Waals surface area contributed by atoms with Crippen molar-refractivity contribution in [1.82, 2.24) is 4.90 Å². The Morgan fingerprint density at radius 3 is 2.44 bits per heavy atom. The van der Waals surface area contributed by atoms with E-state index in [0.717, 1.165) is 36.9 Å². The van der Waals surface area contributed by atoms with Gasteiger partial charge in [0, 0.05) is 18.1 Å². The number of ether oxygens (including phenoxy) is 1. The van der Waals surface area contributed by atoms with Gasteiger partial charge in [0.25, 0.3) is 0 Å². The van der Waals surface area contributed by atoms with Gasteiger partial charge in [0.1, 0.15) is 0 Å². The molecule has 0 bridgehead atoms. The SMILES string of the molecule is OC[C@H](c1ccc(Cl)cc1)N1CCOCC1. The largest absolute Gasteiger partial charge is 0.394 e. The van der Waals surface area contributed by atoms with Gasteiger partial charge in [-0.15, -0.1) is 0 Å². The number of halogens is 1. The first-order valence-electron chi connectivity index (χ1n) is 5.49. The van der Waals surface area contributed by atoms with Gasteiger partial charge in [-0.05, 0) is 17.7 Å². The highest BCUT2D eigenvalue weighted by Gasteiger charge is 2.21. The van der Waals surface area contributed by atoms with E-state index in [1.54, 1.807) is 0 Å². The Hall–Kier alpha value is -0.610. The molecule has 0 aliphatic carbocycles. The third-order valence-electron chi connectivity index (χ3n) is 2.91. The van der Waals surface area contributed by atoms with Crippen LogP contribution >= 0.6 is 11.6 Å². The summed E-state index contributed by atoms with van der Waals surface area (Å²) in [7, 11) is 0. The Balaban J connectivity index is 2.11. The van der Waals surface area contributed by atoms with Crippen molar-refractivity contribution in [3.8, 4) is 0 Å². The predicted octanol–water partition coefficient (Wildman–Crippen LogP) is 1.71. The standard InChI is InChI=1S/C12H16ClNO2/c13-11-3-1-10(2-4-11)12(9-15)14-5-7-16-8-6-14/h1-4,12,15H,5-9H2/t12-/m1/s1. The van der Waals surface area contributed by atoms with Crippen molar-refractivity contribution >= 4 is 11.6 Å². The molecule has 0 unspecified atom stereocenters. The zero-order valence-corrected chi connectivity index (χ0v) is 9.86. The van der Waals surface area contributed by atoms with Crippen LogP contribution in [0.5, 0.6) is 0 Å². The molecule has 0 spiro atoms. The van der Waals surface area contributed by atoms with E-state index in [2.05, 4.69) is 4.90 Å². The molecule has 16 heavy (non-hydrogen) atoms. The highest BCUT2D eigenvalue weighted by atomic mass is 35.5. The zero-order chi connectivity index (χ0) is 11.4. The van der Waals surface area contributed by atoms with Gasteiger partial charge in [0.2, 0.25) is 0 Å². The lowest BCUT2D eigenvalue weighted by Gasteiger charge is -2.33. The molecule has 0 amide bonds. The van der Waals surface area contributed by atoms with Crippen LogP contribution < -0.4 is 0 Å². The van der Waals surface area contributed by atoms with Crippen LogP contribution in [0.1, 0.15) is 11.6 Å². The van der Waals surface area contributed by atoms with Crippen LogP contribution in [0.2, 0.25) is 5.02 Å². The Kier molecular flexibility index (Phi) is 4.18. The molecule has 1 fully saturated rings. The Morgan fingerprint density at radius 2 is 1.88 bits per heavy atom. The molecule has 3 nitrogen and oxygen atoms in total. The fraction of sp³-hybridized carbons (Fsp3) is 0.500. The molecule has 2 rings (SSSR count). The van der Waals surface area contributed by atoms with Crippen LogP contribution in [0.25, 0.3) is 0 Å². The Morgan fingerprint density at radius 1 is 1.25 bits per heavy atom. The summed E-state index contributed by atoms with van der Waals surface area (Å²) in [5.74, 6) is 0. The Bertz CT molecular complexity index is 322. The summed E-state index contributed by atoms with van der Waals surface area (Å²) in [6, 6.07) is 7.72. The third-order valence-corrected chi connectivity index (χ3v) is 3.17. The van der Waals surface area contributed by atoms with Crippen molar-refractivity contribution in [2.45, 2.75) is 6.04 Å². The minimum absolute atomic E-state index is 0.0566. The molecular weight excluding hydrogens is 226 g/mol. The number of hydrogen-bond acceptors (Lipinski definition) is 3. The van der Waals surface area contributed by atoms with E-state index in [-0.39, 0.29) is 12.6 Å². The molecule has 1 atom stereocenters. The van der Waals surface area contributed by atoms with Gasteiger partial charge in [-0.2, -0.15) is 0 Å². The monoisotopic (exact) mass is 241 g/mol. The minimum Gasteiger partial charge on any atom is -0.394 e. The summed E-state index contributed by atoms with van der Waals surface area (Å²) in [6.45, 7) is 3.34. The van der Waals surface area contributed by atoms with Gasteiger partial charge < -0.3 is 9.84 Å². The van der Waals surface area contributed by atoms with Gasteiger partial charge in [-0.1, -0.05) is 23.7 Å². The number of morpholine rings is 1. The normalized spacial score (nSPS) is 19.6. The molecule has 0 radical (unpaired) electrons. The first kappa shape index (κ1) is 11.9. The molecule has 1 aliphatic heterocycles. The zero-order valence-electron chi connectivity index (χ0n) is 9.10. The molecule has 1 saturated heterocycles. The molecule has 1 aromatic rings. The molecule has 1 N–H and O–H groups in total. The van der Waals surface area contributed by atoms with E-state index >= 15 is 0 Å². The maximum atomic E-state index is 9.49. The van der Waals surface area contributed by atoms with Gasteiger partial charge in [-0.25, -0.2) is 0 Å². The lowest BCUT2D eigenvalue weighted by molar-refractivity contribution is 0.00259. The van der Waals surface area contributed by atoms with Crippen LogP contribution in [0.4, 0.5) is 0 Å². The highest BCUT2D eigenvalue weighted by Crippen LogP contribution is 2.22. The number of rotatable bonds is 3. The second kappa shape index (κ2) is 5.64. The molecule has 0 saturated carbocycles. The van der Waals surface area contributed by atoms with E-state index in [1.165, 1.54) is 0 Å².